The molecule has 0 saturated heterocycles. The smallest absolute Gasteiger partial charge is 0.337 e. The Morgan fingerprint density at radius 2 is 1.95 bits per heavy atom. The van der Waals surface area contributed by atoms with Gasteiger partial charge in [-0.2, -0.15) is 0 Å². The number of carbonyl (C=O) groups is 1. The fourth-order valence-corrected chi connectivity index (χ4v) is 2.92. The molecule has 0 fully saturated rings. The fourth-order valence-electron chi connectivity index (χ4n) is 2.92. The van der Waals surface area contributed by atoms with Crippen LogP contribution in [0.4, 0.5) is 0 Å². The van der Waals surface area contributed by atoms with Gasteiger partial charge in [-0.05, 0) is 42.0 Å². The van der Waals surface area contributed by atoms with Crippen LogP contribution in [-0.2, 0) is 13.0 Å². The van der Waals surface area contributed by atoms with E-state index in [0.29, 0.717) is 11.5 Å². The van der Waals surface area contributed by atoms with Gasteiger partial charge in [-0.3, -0.25) is 0 Å². The van der Waals surface area contributed by atoms with Crippen LogP contribution in [0.25, 0.3) is 10.9 Å². The van der Waals surface area contributed by atoms with Crippen molar-refractivity contribution in [2.24, 2.45) is 0 Å². The number of rotatable bonds is 6. The maximum Gasteiger partial charge on any atom is 0.337 e. The number of benzene rings is 1. The Morgan fingerprint density at radius 3 is 2.48 bits per heavy atom. The van der Waals surface area contributed by atoms with Crippen molar-refractivity contribution in [3.8, 4) is 0 Å². The number of hydrogen-bond acceptors (Lipinski definition) is 1. The highest BCUT2D eigenvalue weighted by molar-refractivity contribution is 6.04. The highest BCUT2D eigenvalue weighted by Crippen LogP contribution is 2.30. The van der Waals surface area contributed by atoms with E-state index >= 15 is 0 Å². The van der Waals surface area contributed by atoms with Gasteiger partial charge in [-0.1, -0.05) is 34.1 Å². The molecular weight excluding hydrogens is 262 g/mol. The van der Waals surface area contributed by atoms with E-state index in [0.717, 1.165) is 42.3 Å². The summed E-state index contributed by atoms with van der Waals surface area (Å²) in [5.74, 6) is -0.502. The highest BCUT2D eigenvalue weighted by atomic mass is 16.4. The maximum absolute atomic E-state index is 11.7. The lowest BCUT2D eigenvalue weighted by atomic mass is 9.96. The first-order valence-corrected chi connectivity index (χ1v) is 7.88. The largest absolute Gasteiger partial charge is 0.478 e. The van der Waals surface area contributed by atoms with Gasteiger partial charge in [-0.15, -0.1) is 0 Å². The number of carboxylic acids is 1. The Labute approximate surface area is 126 Å². The topological polar surface area (TPSA) is 42.2 Å². The van der Waals surface area contributed by atoms with Gasteiger partial charge in [-0.25, -0.2) is 4.79 Å². The van der Waals surface area contributed by atoms with E-state index in [9.17, 15) is 9.90 Å². The first-order chi connectivity index (χ1) is 9.99. The van der Waals surface area contributed by atoms with Crippen LogP contribution in [0.3, 0.4) is 0 Å². The first-order valence-electron chi connectivity index (χ1n) is 7.88. The maximum atomic E-state index is 11.7. The van der Waals surface area contributed by atoms with Gasteiger partial charge in [0.1, 0.15) is 0 Å². The molecule has 3 nitrogen and oxygen atoms in total. The molecule has 0 aliphatic carbocycles. The van der Waals surface area contributed by atoms with Crippen molar-refractivity contribution in [1.82, 2.24) is 4.57 Å². The van der Waals surface area contributed by atoms with Gasteiger partial charge in [0.05, 0.1) is 11.1 Å². The van der Waals surface area contributed by atoms with Crippen molar-refractivity contribution in [1.29, 1.82) is 0 Å². The molecule has 1 aromatic heterocycles. The second-order valence-electron chi connectivity index (χ2n) is 6.02. The third-order valence-corrected chi connectivity index (χ3v) is 3.96. The lowest BCUT2D eigenvalue weighted by molar-refractivity contribution is 0.0698. The lowest BCUT2D eigenvalue weighted by Crippen LogP contribution is -2.04. The molecule has 0 aliphatic rings. The van der Waals surface area contributed by atoms with Gasteiger partial charge < -0.3 is 9.67 Å². The van der Waals surface area contributed by atoms with Crippen LogP contribution in [0, 0.1) is 0 Å². The predicted octanol–water partition coefficient (Wildman–Crippen LogP) is 4.83. The summed E-state index contributed by atoms with van der Waals surface area (Å²) in [5.41, 5.74) is 3.70. The van der Waals surface area contributed by atoms with Crippen LogP contribution in [-0.4, -0.2) is 15.6 Å². The molecule has 21 heavy (non-hydrogen) atoms. The Balaban J connectivity index is 2.79. The Morgan fingerprint density at radius 1 is 1.24 bits per heavy atom. The van der Waals surface area contributed by atoms with Gasteiger partial charge in [0.2, 0.25) is 0 Å². The summed E-state index contributed by atoms with van der Waals surface area (Å²) in [6.45, 7) is 9.35. The van der Waals surface area contributed by atoms with Crippen molar-refractivity contribution in [3.63, 3.8) is 0 Å². The Kier molecular flexibility index (Phi) is 4.71. The molecule has 1 aromatic carbocycles. The van der Waals surface area contributed by atoms with Gasteiger partial charge in [0.15, 0.2) is 0 Å². The average Bonchev–Trinajstić information content (AvgIpc) is 2.77. The van der Waals surface area contributed by atoms with E-state index in [1.54, 1.807) is 0 Å². The molecule has 0 unspecified atom stereocenters. The number of nitrogens with zero attached hydrogens (tertiary/aromatic N) is 1. The van der Waals surface area contributed by atoms with Crippen LogP contribution in [0.2, 0.25) is 0 Å². The molecule has 0 saturated carbocycles. The molecule has 0 aliphatic heterocycles. The third-order valence-electron chi connectivity index (χ3n) is 3.96. The fraction of sp³-hybridized carbons (Fsp3) is 0.500. The van der Waals surface area contributed by atoms with E-state index < -0.39 is 5.97 Å². The van der Waals surface area contributed by atoms with Gasteiger partial charge in [0, 0.05) is 18.1 Å². The van der Waals surface area contributed by atoms with Crippen molar-refractivity contribution >= 4 is 16.9 Å². The van der Waals surface area contributed by atoms with Crippen molar-refractivity contribution in [3.05, 3.63) is 35.0 Å². The molecule has 3 heteroatoms. The molecule has 1 heterocycles. The molecule has 2 rings (SSSR count). The van der Waals surface area contributed by atoms with Crippen molar-refractivity contribution < 1.29 is 9.90 Å². The van der Waals surface area contributed by atoms with Crippen LogP contribution in [0.15, 0.2) is 18.3 Å². The predicted molar refractivity (Wildman–Crippen MR) is 87.3 cm³/mol. The molecule has 2 aromatic rings. The summed E-state index contributed by atoms with van der Waals surface area (Å²) in [6, 6.07) is 4.03. The molecule has 0 atom stereocenters. The van der Waals surface area contributed by atoms with Crippen molar-refractivity contribution in [2.75, 3.05) is 0 Å². The van der Waals surface area contributed by atoms with Gasteiger partial charge in [0.25, 0.3) is 0 Å². The van der Waals surface area contributed by atoms with Gasteiger partial charge >= 0.3 is 5.97 Å². The molecule has 114 valence electrons. The van der Waals surface area contributed by atoms with E-state index in [2.05, 4.69) is 44.5 Å². The average molecular weight is 287 g/mol. The van der Waals surface area contributed by atoms with E-state index in [4.69, 9.17) is 0 Å². The van der Waals surface area contributed by atoms with E-state index in [1.807, 2.05) is 6.07 Å². The summed E-state index contributed by atoms with van der Waals surface area (Å²) in [7, 11) is 0. The second kappa shape index (κ2) is 6.33. The number of aryl methyl sites for hydroxylation is 2. The number of carboxylic acid groups (broad SMARTS) is 1. The minimum absolute atomic E-state index is 0.330. The molecule has 1 N–H and O–H groups in total. The zero-order valence-corrected chi connectivity index (χ0v) is 13.4. The van der Waals surface area contributed by atoms with E-state index in [-0.39, 0.29) is 0 Å². The van der Waals surface area contributed by atoms with Crippen LogP contribution in [0.1, 0.15) is 67.9 Å². The number of aromatic carboxylic acids is 1. The Hall–Kier alpha value is -1.77. The minimum Gasteiger partial charge on any atom is -0.478 e. The highest BCUT2D eigenvalue weighted by Gasteiger charge is 2.18. The third kappa shape index (κ3) is 2.97. The zero-order chi connectivity index (χ0) is 15.6. The van der Waals surface area contributed by atoms with E-state index in [1.165, 1.54) is 5.56 Å². The number of aromatic nitrogens is 1. The first kappa shape index (κ1) is 15.6. The summed E-state index contributed by atoms with van der Waals surface area (Å²) in [5, 5.41) is 10.7. The number of fused-ring (bicyclic) bond motifs is 1. The summed E-state index contributed by atoms with van der Waals surface area (Å²) >= 11 is 0. The Bertz CT molecular complexity index is 653. The summed E-state index contributed by atoms with van der Waals surface area (Å²) < 4.78 is 2.12. The molecule has 0 radical (unpaired) electrons. The lowest BCUT2D eigenvalue weighted by Gasteiger charge is -2.11. The van der Waals surface area contributed by atoms with Crippen LogP contribution >= 0.6 is 0 Å². The normalized spacial score (nSPS) is 11.5. The molecule has 0 bridgehead atoms. The van der Waals surface area contributed by atoms with Crippen LogP contribution in [0.5, 0.6) is 0 Å². The quantitative estimate of drug-likeness (QED) is 0.827. The zero-order valence-electron chi connectivity index (χ0n) is 13.4. The SMILES string of the molecule is CCCc1cn(CCC)c2c(C(=O)O)cc(C(C)C)cc12. The number of hydrogen-bond donors (Lipinski definition) is 1. The monoisotopic (exact) mass is 287 g/mol. The summed E-state index contributed by atoms with van der Waals surface area (Å²) in [4.78, 5) is 11.7. The summed E-state index contributed by atoms with van der Waals surface area (Å²) in [6.07, 6.45) is 5.21. The molecular formula is C18H25NO2. The molecule has 0 amide bonds. The van der Waals surface area contributed by atoms with Crippen molar-refractivity contribution in [2.45, 2.75) is 59.4 Å². The van der Waals surface area contributed by atoms with Crippen LogP contribution < -0.4 is 0 Å². The standard InChI is InChI=1S/C18H25NO2/c1-5-7-13-11-19(8-6-2)17-15(13)9-14(12(3)4)10-16(17)18(20)21/h9-12H,5-8H2,1-4H3,(H,20,21). The molecule has 0 spiro atoms. The minimum atomic E-state index is -0.832. The second-order valence-corrected chi connectivity index (χ2v) is 6.02.